The summed E-state index contributed by atoms with van der Waals surface area (Å²) in [5.74, 6) is -2.28. The highest BCUT2D eigenvalue weighted by atomic mass is 31.2. The molecule has 0 amide bonds. The molecule has 5 unspecified atom stereocenters. The second-order valence-electron chi connectivity index (χ2n) is 24.8. The molecule has 0 radical (unpaired) electrons. The van der Waals surface area contributed by atoms with Gasteiger partial charge in [0.25, 0.3) is 0 Å². The fourth-order valence-corrected chi connectivity index (χ4v) is 11.2. The Labute approximate surface area is 593 Å². The Morgan fingerprint density at radius 1 is 0.296 bits per heavy atom. The van der Waals surface area contributed by atoms with E-state index in [0.717, 1.165) is 161 Å². The Hall–Kier alpha value is -4.54. The summed E-state index contributed by atoms with van der Waals surface area (Å²) in [6.45, 7) is 4.50. The smallest absolute Gasteiger partial charge is 0.462 e. The number of carbonyl (C=O) groups excluding carboxylic acids is 4. The molecule has 0 spiro atoms. The number of phosphoric acid groups is 2. The van der Waals surface area contributed by atoms with Crippen LogP contribution in [0.3, 0.4) is 0 Å². The Kier molecular flexibility index (Phi) is 67.6. The van der Waals surface area contributed by atoms with Crippen LogP contribution in [0.2, 0.25) is 0 Å². The van der Waals surface area contributed by atoms with E-state index in [0.29, 0.717) is 32.1 Å². The van der Waals surface area contributed by atoms with Gasteiger partial charge in [-0.25, -0.2) is 9.13 Å². The Bertz CT molecular complexity index is 2340. The van der Waals surface area contributed by atoms with Gasteiger partial charge >= 0.3 is 39.5 Å². The minimum atomic E-state index is -4.99. The number of phosphoric ester groups is 2. The maximum absolute atomic E-state index is 13.1. The first kappa shape index (κ1) is 93.5. The molecule has 5 atom stereocenters. The topological polar surface area (TPSA) is 237 Å². The van der Waals surface area contributed by atoms with Crippen molar-refractivity contribution >= 4 is 39.5 Å². The van der Waals surface area contributed by atoms with Crippen LogP contribution in [0.1, 0.15) is 297 Å². The first-order valence-corrected chi connectivity index (χ1v) is 40.8. The lowest BCUT2D eigenvalue weighted by Crippen LogP contribution is -2.30. The number of ether oxygens (including phenoxy) is 4. The molecule has 562 valence electrons. The van der Waals surface area contributed by atoms with Gasteiger partial charge in [0.15, 0.2) is 12.2 Å². The fourth-order valence-electron chi connectivity index (χ4n) is 9.66. The average Bonchev–Trinajstić information content (AvgIpc) is 0.986. The van der Waals surface area contributed by atoms with Crippen molar-refractivity contribution in [3.05, 3.63) is 122 Å². The largest absolute Gasteiger partial charge is 0.472 e. The number of hydrogen-bond donors (Lipinski definition) is 3. The van der Waals surface area contributed by atoms with Crippen molar-refractivity contribution < 1.29 is 80.2 Å². The number of carbonyl (C=O) groups is 4. The highest BCUT2D eigenvalue weighted by Gasteiger charge is 2.30. The van der Waals surface area contributed by atoms with Gasteiger partial charge < -0.3 is 33.8 Å². The first-order valence-electron chi connectivity index (χ1n) is 37.8. The summed E-state index contributed by atoms with van der Waals surface area (Å²) in [6.07, 6.45) is 76.3. The van der Waals surface area contributed by atoms with Gasteiger partial charge in [0.05, 0.1) is 26.4 Å². The number of allylic oxidation sites excluding steroid dienone is 20. The predicted octanol–water partition coefficient (Wildman–Crippen LogP) is 21.6. The lowest BCUT2D eigenvalue weighted by atomic mass is 10.1. The Balaban J connectivity index is 5.40. The van der Waals surface area contributed by atoms with E-state index >= 15 is 0 Å². The molecule has 0 bridgehead atoms. The van der Waals surface area contributed by atoms with Crippen LogP contribution in [0.4, 0.5) is 0 Å². The zero-order chi connectivity index (χ0) is 71.8. The van der Waals surface area contributed by atoms with Crippen LogP contribution in [-0.2, 0) is 65.4 Å². The molecule has 0 fully saturated rings. The molecule has 0 aliphatic heterocycles. The maximum atomic E-state index is 13.1. The van der Waals surface area contributed by atoms with Crippen molar-refractivity contribution in [3.8, 4) is 0 Å². The normalized spacial score (nSPS) is 14.6. The van der Waals surface area contributed by atoms with Crippen LogP contribution in [0.25, 0.3) is 0 Å². The highest BCUT2D eigenvalue weighted by molar-refractivity contribution is 7.47. The zero-order valence-corrected chi connectivity index (χ0v) is 63.0. The lowest BCUT2D eigenvalue weighted by Gasteiger charge is -2.21. The third kappa shape index (κ3) is 69.9. The van der Waals surface area contributed by atoms with Crippen molar-refractivity contribution in [1.29, 1.82) is 0 Å². The number of rotatable bonds is 70. The van der Waals surface area contributed by atoms with Gasteiger partial charge in [-0.05, 0) is 141 Å². The number of hydrogen-bond acceptors (Lipinski definition) is 15. The Morgan fingerprint density at radius 3 is 0.898 bits per heavy atom. The Morgan fingerprint density at radius 2 is 0.551 bits per heavy atom. The van der Waals surface area contributed by atoms with Crippen molar-refractivity contribution in [2.75, 3.05) is 39.6 Å². The molecule has 98 heavy (non-hydrogen) atoms. The third-order valence-electron chi connectivity index (χ3n) is 15.4. The van der Waals surface area contributed by atoms with Crippen LogP contribution in [0, 0.1) is 0 Å². The number of aliphatic hydroxyl groups excluding tert-OH is 1. The molecular formula is C79H134O17P2. The van der Waals surface area contributed by atoms with Gasteiger partial charge in [-0.2, -0.15) is 0 Å². The molecule has 3 N–H and O–H groups in total. The second kappa shape index (κ2) is 70.9. The van der Waals surface area contributed by atoms with E-state index in [1.54, 1.807) is 0 Å². The molecule has 0 heterocycles. The minimum absolute atomic E-state index is 0.0708. The fraction of sp³-hybridized carbons (Fsp3) is 0.696. The molecule has 0 aliphatic carbocycles. The summed E-state index contributed by atoms with van der Waals surface area (Å²) >= 11 is 0. The van der Waals surface area contributed by atoms with Gasteiger partial charge in [-0.15, -0.1) is 0 Å². The van der Waals surface area contributed by atoms with Crippen molar-refractivity contribution in [1.82, 2.24) is 0 Å². The van der Waals surface area contributed by atoms with Crippen LogP contribution < -0.4 is 0 Å². The van der Waals surface area contributed by atoms with E-state index in [-0.39, 0.29) is 25.7 Å². The number of esters is 4. The van der Waals surface area contributed by atoms with E-state index in [4.69, 9.17) is 37.0 Å². The first-order chi connectivity index (χ1) is 47.7. The van der Waals surface area contributed by atoms with Crippen molar-refractivity contribution in [2.45, 2.75) is 316 Å². The molecule has 0 aromatic heterocycles. The summed E-state index contributed by atoms with van der Waals surface area (Å²) in [5, 5.41) is 10.6. The molecule has 0 aromatic carbocycles. The molecule has 0 aliphatic rings. The second-order valence-corrected chi connectivity index (χ2v) is 27.7. The van der Waals surface area contributed by atoms with Gasteiger partial charge in [0.1, 0.15) is 19.3 Å². The van der Waals surface area contributed by atoms with Crippen LogP contribution in [0.15, 0.2) is 122 Å². The molecule has 0 saturated heterocycles. The minimum Gasteiger partial charge on any atom is -0.462 e. The van der Waals surface area contributed by atoms with Crippen LogP contribution >= 0.6 is 15.6 Å². The standard InChI is InChI=1S/C79H134O17P2/c1-5-9-13-17-21-25-29-32-35-36-39-41-45-48-52-56-60-64-77(82)90-70-75(96-79(84)66-62-58-54-50-46-42-38-34-31-27-23-19-15-11-7-3)72-94-98(87,88)92-68-73(80)67-91-97(85,86)93-71-74(95-78(83)65-61-57-53-49-43-28-24-20-16-12-8-4)69-89-76(81)63-59-55-51-47-44-40-37-33-30-26-22-18-14-10-6-2/h9-10,13-14,20-22,24-26,32-35,37-39,41,48,52,73-75,80H,5-8,11-12,15-19,23,27-31,36,40,42-47,49-51,53-72H2,1-4H3,(H,85,86)(H,87,88)/b13-9-,14-10-,24-20-,25-21-,26-22-,35-32-,37-33-,38-34-,41-39-,52-48-. The zero-order valence-electron chi connectivity index (χ0n) is 61.2. The van der Waals surface area contributed by atoms with Gasteiger partial charge in [-0.3, -0.25) is 37.3 Å². The summed E-state index contributed by atoms with van der Waals surface area (Å²) in [6, 6.07) is 0. The van der Waals surface area contributed by atoms with E-state index in [9.17, 15) is 43.2 Å². The number of unbranched alkanes of at least 4 members (excludes halogenated alkanes) is 24. The molecule has 0 rings (SSSR count). The average molecular weight is 1420 g/mol. The van der Waals surface area contributed by atoms with Crippen molar-refractivity contribution in [2.24, 2.45) is 0 Å². The lowest BCUT2D eigenvalue weighted by molar-refractivity contribution is -0.161. The highest BCUT2D eigenvalue weighted by Crippen LogP contribution is 2.45. The van der Waals surface area contributed by atoms with E-state index in [1.807, 2.05) is 12.2 Å². The summed E-state index contributed by atoms with van der Waals surface area (Å²) in [5.41, 5.74) is 0. The summed E-state index contributed by atoms with van der Waals surface area (Å²) in [7, 11) is -9.97. The summed E-state index contributed by atoms with van der Waals surface area (Å²) in [4.78, 5) is 72.8. The molecule has 0 saturated carbocycles. The summed E-state index contributed by atoms with van der Waals surface area (Å²) < 4.78 is 68.3. The molecular weight excluding hydrogens is 1280 g/mol. The predicted molar refractivity (Wildman–Crippen MR) is 399 cm³/mol. The quantitative estimate of drug-likeness (QED) is 0.0169. The third-order valence-corrected chi connectivity index (χ3v) is 17.3. The maximum Gasteiger partial charge on any atom is 0.472 e. The van der Waals surface area contributed by atoms with Gasteiger partial charge in [0, 0.05) is 25.7 Å². The molecule has 0 aromatic rings. The van der Waals surface area contributed by atoms with E-state index in [2.05, 4.69) is 137 Å². The van der Waals surface area contributed by atoms with Crippen LogP contribution in [-0.4, -0.2) is 96.7 Å². The SMILES string of the molecule is CC/C=C\C/C=C\C/C=C\C/C=C\C/C=C\CCCC(=O)OCC(COP(=O)(O)OCC(O)COP(=O)(O)OCC(COC(=O)CCCCCCC/C=C\C/C=C\C/C=C\CC)OC(=O)CCCCCCC/C=C\CCCC)OC(=O)CCCCCCC/C=C\CCCCCCCC. The van der Waals surface area contributed by atoms with E-state index in [1.165, 1.54) is 51.4 Å². The van der Waals surface area contributed by atoms with Gasteiger partial charge in [-0.1, -0.05) is 252 Å². The van der Waals surface area contributed by atoms with E-state index < -0.39 is 97.5 Å². The molecule has 19 heteroatoms. The molecule has 17 nitrogen and oxygen atoms in total. The monoisotopic (exact) mass is 1420 g/mol. The van der Waals surface area contributed by atoms with Gasteiger partial charge in [0.2, 0.25) is 0 Å². The van der Waals surface area contributed by atoms with Crippen LogP contribution in [0.5, 0.6) is 0 Å². The number of aliphatic hydroxyl groups is 1. The van der Waals surface area contributed by atoms with Crippen molar-refractivity contribution in [3.63, 3.8) is 0 Å².